The molecule has 0 radical (unpaired) electrons. The summed E-state index contributed by atoms with van der Waals surface area (Å²) in [4.78, 5) is 0. The Hall–Kier alpha value is -0.0400. The third-order valence-corrected chi connectivity index (χ3v) is 3.43. The summed E-state index contributed by atoms with van der Waals surface area (Å²) >= 11 is 0. The normalized spacial score (nSPS) is 15.9. The minimum Gasteiger partial charge on any atom is -0.317 e. The lowest BCUT2D eigenvalue weighted by molar-refractivity contribution is 0.292. The summed E-state index contributed by atoms with van der Waals surface area (Å²) in [7, 11) is 2.10. The lowest BCUT2D eigenvalue weighted by Crippen LogP contribution is -2.34. The molecule has 1 N–H and O–H groups in total. The van der Waals surface area contributed by atoms with Gasteiger partial charge >= 0.3 is 0 Å². The highest BCUT2D eigenvalue weighted by Crippen LogP contribution is 2.19. The number of hydrogen-bond acceptors (Lipinski definition) is 1. The molecule has 0 aliphatic carbocycles. The molecule has 0 amide bonds. The van der Waals surface area contributed by atoms with Gasteiger partial charge in [-0.15, -0.1) is 0 Å². The fraction of sp³-hybridized carbons (Fsp3) is 1.00. The van der Waals surface area contributed by atoms with Crippen LogP contribution in [-0.4, -0.2) is 13.1 Å². The van der Waals surface area contributed by atoms with Crippen molar-refractivity contribution < 1.29 is 0 Å². The second-order valence-corrected chi connectivity index (χ2v) is 4.85. The highest BCUT2D eigenvalue weighted by Gasteiger charge is 2.17. The largest absolute Gasteiger partial charge is 0.317 e. The van der Waals surface area contributed by atoms with Gasteiger partial charge in [0.15, 0.2) is 0 Å². The Bertz CT molecular complexity index is 120. The Morgan fingerprint density at radius 2 is 1.64 bits per heavy atom. The molecule has 0 saturated heterocycles. The maximum Gasteiger partial charge on any atom is 0.00921 e. The zero-order valence-corrected chi connectivity index (χ0v) is 10.8. The number of unbranched alkanes of at least 4 members (excludes halogenated alkanes) is 3. The molecule has 0 heterocycles. The van der Waals surface area contributed by atoms with Gasteiger partial charge in [-0.1, -0.05) is 53.4 Å². The van der Waals surface area contributed by atoms with E-state index < -0.39 is 0 Å². The average Bonchev–Trinajstić information content (AvgIpc) is 2.17. The van der Waals surface area contributed by atoms with E-state index in [1.54, 1.807) is 0 Å². The summed E-state index contributed by atoms with van der Waals surface area (Å²) in [5.74, 6) is 1.58. The van der Waals surface area contributed by atoms with E-state index in [0.717, 1.165) is 11.8 Å². The van der Waals surface area contributed by atoms with Gasteiger partial charge in [0.05, 0.1) is 0 Å². The van der Waals surface area contributed by atoms with Gasteiger partial charge in [-0.2, -0.15) is 0 Å². The van der Waals surface area contributed by atoms with E-state index in [1.807, 2.05) is 0 Å². The average molecular weight is 199 g/mol. The smallest absolute Gasteiger partial charge is 0.00921 e. The van der Waals surface area contributed by atoms with Crippen molar-refractivity contribution in [3.05, 3.63) is 0 Å². The molecule has 0 aliphatic rings. The van der Waals surface area contributed by atoms with E-state index in [2.05, 4.69) is 40.1 Å². The van der Waals surface area contributed by atoms with Crippen LogP contribution in [0.1, 0.15) is 59.8 Å². The fourth-order valence-corrected chi connectivity index (χ4v) is 1.93. The first-order valence-electron chi connectivity index (χ1n) is 6.30. The molecule has 0 saturated carbocycles. The zero-order chi connectivity index (χ0) is 11.0. The molecular weight excluding hydrogens is 170 g/mol. The minimum absolute atomic E-state index is 0.715. The summed E-state index contributed by atoms with van der Waals surface area (Å²) in [5, 5.41) is 3.46. The lowest BCUT2D eigenvalue weighted by atomic mass is 9.87. The second-order valence-electron chi connectivity index (χ2n) is 4.85. The van der Waals surface area contributed by atoms with Crippen LogP contribution in [0, 0.1) is 11.8 Å². The maximum atomic E-state index is 3.46. The van der Waals surface area contributed by atoms with Crippen molar-refractivity contribution in [1.29, 1.82) is 0 Å². The first kappa shape index (κ1) is 14.0. The monoisotopic (exact) mass is 199 g/mol. The Kier molecular flexibility index (Phi) is 8.26. The summed E-state index contributed by atoms with van der Waals surface area (Å²) < 4.78 is 0. The van der Waals surface area contributed by atoms with Crippen LogP contribution in [0.25, 0.3) is 0 Å². The first-order valence-corrected chi connectivity index (χ1v) is 6.30. The number of hydrogen-bond donors (Lipinski definition) is 1. The van der Waals surface area contributed by atoms with Crippen LogP contribution < -0.4 is 5.32 Å². The first-order chi connectivity index (χ1) is 6.63. The Morgan fingerprint density at radius 3 is 2.07 bits per heavy atom. The van der Waals surface area contributed by atoms with E-state index >= 15 is 0 Å². The van der Waals surface area contributed by atoms with Crippen molar-refractivity contribution in [2.45, 2.75) is 65.8 Å². The molecule has 0 spiro atoms. The highest BCUT2D eigenvalue weighted by atomic mass is 14.9. The molecule has 0 aromatic rings. The van der Waals surface area contributed by atoms with Gasteiger partial charge in [0, 0.05) is 6.04 Å². The third kappa shape index (κ3) is 5.64. The number of nitrogens with one attached hydrogen (secondary N) is 1. The van der Waals surface area contributed by atoms with Crippen LogP contribution >= 0.6 is 0 Å². The van der Waals surface area contributed by atoms with Crippen molar-refractivity contribution in [3.63, 3.8) is 0 Å². The van der Waals surface area contributed by atoms with Crippen molar-refractivity contribution in [1.82, 2.24) is 5.32 Å². The van der Waals surface area contributed by atoms with E-state index in [4.69, 9.17) is 0 Å². The van der Waals surface area contributed by atoms with Gasteiger partial charge in [0.1, 0.15) is 0 Å². The zero-order valence-electron chi connectivity index (χ0n) is 10.8. The molecule has 2 atom stereocenters. The van der Waals surface area contributed by atoms with Crippen LogP contribution in [0.3, 0.4) is 0 Å². The Labute approximate surface area is 90.7 Å². The Balaban J connectivity index is 3.67. The molecule has 0 aromatic heterocycles. The third-order valence-electron chi connectivity index (χ3n) is 3.43. The molecule has 86 valence electrons. The van der Waals surface area contributed by atoms with Gasteiger partial charge < -0.3 is 5.32 Å². The molecule has 0 aromatic carbocycles. The molecule has 0 aliphatic heterocycles. The summed E-state index contributed by atoms with van der Waals surface area (Å²) in [6.45, 7) is 9.28. The van der Waals surface area contributed by atoms with Crippen LogP contribution in [-0.2, 0) is 0 Å². The predicted molar refractivity (Wildman–Crippen MR) is 65.6 cm³/mol. The van der Waals surface area contributed by atoms with Crippen molar-refractivity contribution in [2.75, 3.05) is 7.05 Å². The van der Waals surface area contributed by atoms with Gasteiger partial charge in [0.2, 0.25) is 0 Å². The SMILES string of the molecule is CCCCCCC(NC)C(C)C(C)C. The minimum atomic E-state index is 0.715. The van der Waals surface area contributed by atoms with E-state index in [1.165, 1.54) is 32.1 Å². The quantitative estimate of drug-likeness (QED) is 0.586. The number of rotatable bonds is 8. The van der Waals surface area contributed by atoms with E-state index in [9.17, 15) is 0 Å². The van der Waals surface area contributed by atoms with Crippen molar-refractivity contribution in [2.24, 2.45) is 11.8 Å². The molecule has 1 nitrogen and oxygen atoms in total. The summed E-state index contributed by atoms with van der Waals surface area (Å²) in [5.41, 5.74) is 0. The highest BCUT2D eigenvalue weighted by molar-refractivity contribution is 4.73. The topological polar surface area (TPSA) is 12.0 Å². The molecule has 1 heteroatoms. The maximum absolute atomic E-state index is 3.46. The standard InChI is InChI=1S/C13H29N/c1-6-7-8-9-10-13(14-5)12(4)11(2)3/h11-14H,6-10H2,1-5H3. The van der Waals surface area contributed by atoms with Crippen molar-refractivity contribution >= 4 is 0 Å². The van der Waals surface area contributed by atoms with Gasteiger partial charge in [-0.3, -0.25) is 0 Å². The van der Waals surface area contributed by atoms with Crippen LogP contribution in [0.15, 0.2) is 0 Å². The molecule has 0 rings (SSSR count). The molecular formula is C13H29N. The van der Waals surface area contributed by atoms with E-state index in [0.29, 0.717) is 6.04 Å². The second kappa shape index (κ2) is 8.28. The van der Waals surface area contributed by atoms with Gasteiger partial charge in [0.25, 0.3) is 0 Å². The lowest BCUT2D eigenvalue weighted by Gasteiger charge is -2.26. The molecule has 14 heavy (non-hydrogen) atoms. The van der Waals surface area contributed by atoms with Crippen LogP contribution in [0.4, 0.5) is 0 Å². The Morgan fingerprint density at radius 1 is 1.00 bits per heavy atom. The van der Waals surface area contributed by atoms with Gasteiger partial charge in [-0.05, 0) is 25.3 Å². The fourth-order valence-electron chi connectivity index (χ4n) is 1.93. The predicted octanol–water partition coefficient (Wildman–Crippen LogP) is 3.84. The van der Waals surface area contributed by atoms with Crippen molar-refractivity contribution in [3.8, 4) is 0 Å². The molecule has 0 fully saturated rings. The molecule has 2 unspecified atom stereocenters. The molecule has 0 bridgehead atoms. The van der Waals surface area contributed by atoms with E-state index in [-0.39, 0.29) is 0 Å². The van der Waals surface area contributed by atoms with Crippen LogP contribution in [0.2, 0.25) is 0 Å². The summed E-state index contributed by atoms with van der Waals surface area (Å²) in [6.07, 6.45) is 6.86. The summed E-state index contributed by atoms with van der Waals surface area (Å²) in [6, 6.07) is 0.715. The van der Waals surface area contributed by atoms with Crippen LogP contribution in [0.5, 0.6) is 0 Å². The van der Waals surface area contributed by atoms with Gasteiger partial charge in [-0.25, -0.2) is 0 Å².